The molecular weight excluding hydrogens is 269 g/mol. The average molecular weight is 287 g/mol. The number of benzene rings is 2. The van der Waals surface area contributed by atoms with E-state index in [0.29, 0.717) is 24.5 Å². The van der Waals surface area contributed by atoms with Crippen molar-refractivity contribution in [2.24, 2.45) is 5.73 Å². The molecule has 2 aromatic carbocycles. The Morgan fingerprint density at radius 1 is 1.00 bits per heavy atom. The van der Waals surface area contributed by atoms with Gasteiger partial charge in [0.15, 0.2) is 11.5 Å². The molecule has 2 aromatic rings. The van der Waals surface area contributed by atoms with E-state index < -0.39 is 5.54 Å². The van der Waals surface area contributed by atoms with Crippen LogP contribution in [0.5, 0.6) is 11.5 Å². The van der Waals surface area contributed by atoms with Crippen molar-refractivity contribution in [2.75, 3.05) is 13.2 Å². The number of aryl methyl sites for hydroxylation is 1. The van der Waals surface area contributed by atoms with Crippen LogP contribution in [0.4, 0.5) is 4.39 Å². The third kappa shape index (κ3) is 2.47. The van der Waals surface area contributed by atoms with Gasteiger partial charge in [0.05, 0.1) is 5.54 Å². The van der Waals surface area contributed by atoms with Crippen LogP contribution in [0.3, 0.4) is 0 Å². The Morgan fingerprint density at radius 3 is 2.33 bits per heavy atom. The molecular formula is C17H18FNO2. The first-order valence-corrected chi connectivity index (χ1v) is 6.94. The lowest BCUT2D eigenvalue weighted by Gasteiger charge is -2.28. The van der Waals surface area contributed by atoms with Crippen molar-refractivity contribution < 1.29 is 13.9 Å². The molecule has 110 valence electrons. The molecule has 0 saturated heterocycles. The topological polar surface area (TPSA) is 44.5 Å². The summed E-state index contributed by atoms with van der Waals surface area (Å²) in [7, 11) is 0. The zero-order valence-electron chi connectivity index (χ0n) is 12.2. The summed E-state index contributed by atoms with van der Waals surface area (Å²) < 4.78 is 24.9. The van der Waals surface area contributed by atoms with Gasteiger partial charge >= 0.3 is 0 Å². The third-order valence-corrected chi connectivity index (χ3v) is 3.91. The zero-order valence-corrected chi connectivity index (χ0v) is 12.2. The lowest BCUT2D eigenvalue weighted by Crippen LogP contribution is -2.34. The lowest BCUT2D eigenvalue weighted by molar-refractivity contribution is 0.171. The molecule has 1 aliphatic heterocycles. The molecule has 2 N–H and O–H groups in total. The molecule has 0 aliphatic carbocycles. The number of halogens is 1. The summed E-state index contributed by atoms with van der Waals surface area (Å²) in [5.41, 5.74) is 7.84. The van der Waals surface area contributed by atoms with Crippen LogP contribution < -0.4 is 15.2 Å². The van der Waals surface area contributed by atoms with Crippen LogP contribution in [0.25, 0.3) is 0 Å². The fourth-order valence-electron chi connectivity index (χ4n) is 2.45. The number of nitrogens with two attached hydrogens (primary N) is 1. The second-order valence-electron chi connectivity index (χ2n) is 5.52. The van der Waals surface area contributed by atoms with Gasteiger partial charge in [-0.15, -0.1) is 0 Å². The Kier molecular flexibility index (Phi) is 3.33. The summed E-state index contributed by atoms with van der Waals surface area (Å²) in [4.78, 5) is 0. The molecule has 1 heterocycles. The van der Waals surface area contributed by atoms with E-state index in [2.05, 4.69) is 0 Å². The monoisotopic (exact) mass is 287 g/mol. The molecule has 0 fully saturated rings. The van der Waals surface area contributed by atoms with Gasteiger partial charge < -0.3 is 15.2 Å². The average Bonchev–Trinajstić information content (AvgIpc) is 2.49. The molecule has 0 radical (unpaired) electrons. The van der Waals surface area contributed by atoms with Crippen LogP contribution in [0.2, 0.25) is 0 Å². The maximum atomic E-state index is 13.8. The zero-order chi connectivity index (χ0) is 15.0. The molecule has 0 amide bonds. The van der Waals surface area contributed by atoms with Crippen molar-refractivity contribution in [3.8, 4) is 11.5 Å². The molecule has 3 nitrogen and oxygen atoms in total. The predicted octanol–water partition coefficient (Wildman–Crippen LogP) is 3.13. The molecule has 1 unspecified atom stereocenters. The highest BCUT2D eigenvalue weighted by molar-refractivity contribution is 5.48. The van der Waals surface area contributed by atoms with Crippen molar-refractivity contribution in [1.82, 2.24) is 0 Å². The Morgan fingerprint density at radius 2 is 1.62 bits per heavy atom. The lowest BCUT2D eigenvalue weighted by atomic mass is 9.85. The van der Waals surface area contributed by atoms with Gasteiger partial charge in [0, 0.05) is 0 Å². The third-order valence-electron chi connectivity index (χ3n) is 3.91. The minimum atomic E-state index is -0.801. The summed E-state index contributed by atoms with van der Waals surface area (Å²) in [5, 5.41) is 0. The van der Waals surface area contributed by atoms with E-state index in [4.69, 9.17) is 15.2 Å². The van der Waals surface area contributed by atoms with E-state index in [1.165, 1.54) is 6.07 Å². The summed E-state index contributed by atoms with van der Waals surface area (Å²) in [6.45, 7) is 4.67. The Balaban J connectivity index is 2.02. The number of hydrogen-bond acceptors (Lipinski definition) is 3. The molecule has 0 saturated carbocycles. The van der Waals surface area contributed by atoms with E-state index in [1.807, 2.05) is 31.2 Å². The second-order valence-corrected chi connectivity index (χ2v) is 5.52. The van der Waals surface area contributed by atoms with E-state index in [9.17, 15) is 4.39 Å². The van der Waals surface area contributed by atoms with Gasteiger partial charge in [0.2, 0.25) is 0 Å². The summed E-state index contributed by atoms with van der Waals surface area (Å²) in [6, 6.07) is 10.7. The van der Waals surface area contributed by atoms with Gasteiger partial charge in [-0.2, -0.15) is 0 Å². The highest BCUT2D eigenvalue weighted by Gasteiger charge is 2.26. The summed E-state index contributed by atoms with van der Waals surface area (Å²) in [5.74, 6) is 1.15. The standard InChI is InChI=1S/C17H18FNO2/c1-11-3-4-12(9-14(11)18)17(2,19)13-5-6-15-16(10-13)21-8-7-20-15/h3-6,9-10H,7-8,19H2,1-2H3. The smallest absolute Gasteiger partial charge is 0.161 e. The fourth-order valence-corrected chi connectivity index (χ4v) is 2.45. The number of rotatable bonds is 2. The first-order valence-electron chi connectivity index (χ1n) is 6.94. The second kappa shape index (κ2) is 5.04. The molecule has 0 aromatic heterocycles. The number of fused-ring (bicyclic) bond motifs is 1. The molecule has 0 bridgehead atoms. The van der Waals surface area contributed by atoms with E-state index in [0.717, 1.165) is 16.9 Å². The van der Waals surface area contributed by atoms with Gasteiger partial charge in [-0.05, 0) is 48.7 Å². The minimum absolute atomic E-state index is 0.248. The quantitative estimate of drug-likeness (QED) is 0.923. The van der Waals surface area contributed by atoms with Crippen molar-refractivity contribution in [3.05, 3.63) is 58.9 Å². The molecule has 21 heavy (non-hydrogen) atoms. The molecule has 1 aliphatic rings. The van der Waals surface area contributed by atoms with E-state index in [1.54, 1.807) is 13.0 Å². The van der Waals surface area contributed by atoms with Crippen LogP contribution in [0.1, 0.15) is 23.6 Å². The van der Waals surface area contributed by atoms with E-state index >= 15 is 0 Å². The SMILES string of the molecule is Cc1ccc(C(C)(N)c2ccc3c(c2)OCCO3)cc1F. The normalized spacial score (nSPS) is 16.4. The molecule has 3 rings (SSSR count). The van der Waals surface area contributed by atoms with Crippen LogP contribution in [0, 0.1) is 12.7 Å². The van der Waals surface area contributed by atoms with Gasteiger partial charge in [-0.3, -0.25) is 0 Å². The number of ether oxygens (including phenoxy) is 2. The van der Waals surface area contributed by atoms with Crippen molar-refractivity contribution in [2.45, 2.75) is 19.4 Å². The highest BCUT2D eigenvalue weighted by atomic mass is 19.1. The first kappa shape index (κ1) is 13.9. The van der Waals surface area contributed by atoms with Crippen LogP contribution in [-0.2, 0) is 5.54 Å². The van der Waals surface area contributed by atoms with Crippen molar-refractivity contribution >= 4 is 0 Å². The Hall–Kier alpha value is -2.07. The van der Waals surface area contributed by atoms with Gasteiger partial charge in [0.25, 0.3) is 0 Å². The highest BCUT2D eigenvalue weighted by Crippen LogP contribution is 2.36. The summed E-state index contributed by atoms with van der Waals surface area (Å²) >= 11 is 0. The molecule has 0 spiro atoms. The van der Waals surface area contributed by atoms with Crippen LogP contribution in [-0.4, -0.2) is 13.2 Å². The number of hydrogen-bond donors (Lipinski definition) is 1. The summed E-state index contributed by atoms with van der Waals surface area (Å²) in [6.07, 6.45) is 0. The van der Waals surface area contributed by atoms with Gasteiger partial charge in [0.1, 0.15) is 19.0 Å². The minimum Gasteiger partial charge on any atom is -0.486 e. The van der Waals surface area contributed by atoms with Gasteiger partial charge in [-0.1, -0.05) is 18.2 Å². The maximum Gasteiger partial charge on any atom is 0.161 e. The van der Waals surface area contributed by atoms with Crippen molar-refractivity contribution in [1.29, 1.82) is 0 Å². The predicted molar refractivity (Wildman–Crippen MR) is 79.2 cm³/mol. The molecule has 4 heteroatoms. The largest absolute Gasteiger partial charge is 0.486 e. The maximum absolute atomic E-state index is 13.8. The van der Waals surface area contributed by atoms with Crippen molar-refractivity contribution in [3.63, 3.8) is 0 Å². The van der Waals surface area contributed by atoms with E-state index in [-0.39, 0.29) is 5.82 Å². The van der Waals surface area contributed by atoms with Gasteiger partial charge in [-0.25, -0.2) is 4.39 Å². The first-order chi connectivity index (χ1) is 9.98. The van der Waals surface area contributed by atoms with Crippen LogP contribution >= 0.6 is 0 Å². The van der Waals surface area contributed by atoms with Crippen LogP contribution in [0.15, 0.2) is 36.4 Å². The Labute approximate surface area is 123 Å². The fraction of sp³-hybridized carbons (Fsp3) is 0.294. The Bertz CT molecular complexity index is 682. The molecule has 1 atom stereocenters.